The summed E-state index contributed by atoms with van der Waals surface area (Å²) < 4.78 is 1.03. The van der Waals surface area contributed by atoms with E-state index < -0.39 is 0 Å². The molecule has 68 valence electrons. The van der Waals surface area contributed by atoms with Crippen LogP contribution in [-0.2, 0) is 0 Å². The summed E-state index contributed by atoms with van der Waals surface area (Å²) in [6.07, 6.45) is 1.78. The summed E-state index contributed by atoms with van der Waals surface area (Å²) in [4.78, 5) is 4.12. The van der Waals surface area contributed by atoms with E-state index in [1.54, 1.807) is 6.21 Å². The molecule has 0 amide bonds. The molecule has 1 aromatic rings. The molecule has 0 unspecified atom stereocenters. The van der Waals surface area contributed by atoms with Gasteiger partial charge in [-0.25, -0.2) is 0 Å². The highest BCUT2D eigenvalue weighted by Gasteiger charge is 1.92. The average Bonchev–Trinajstić information content (AvgIpc) is 2.08. The molecule has 13 heavy (non-hydrogen) atoms. The largest absolute Gasteiger partial charge is 0.401 e. The molecule has 0 aliphatic heterocycles. The molecule has 0 saturated heterocycles. The third-order valence-corrected chi connectivity index (χ3v) is 2.15. The van der Waals surface area contributed by atoms with Crippen LogP contribution in [0.5, 0.6) is 0 Å². The van der Waals surface area contributed by atoms with Crippen LogP contribution < -0.4 is 5.73 Å². The molecular weight excluding hydrogens is 228 g/mol. The topological polar surface area (TPSA) is 38.4 Å². The predicted octanol–water partition coefficient (Wildman–Crippen LogP) is 2.34. The zero-order valence-corrected chi connectivity index (χ0v) is 8.79. The maximum atomic E-state index is 5.37. The molecule has 0 aromatic heterocycles. The lowest BCUT2D eigenvalue weighted by Crippen LogP contribution is -1.98. The standard InChI is InChI=1S/C10H11BrN2/c1-8(12)6-13-7-9-4-2-3-5-10(9)11/h2-5,7H,1,6,12H2. The minimum atomic E-state index is 0.474. The number of hydrogen-bond acceptors (Lipinski definition) is 2. The van der Waals surface area contributed by atoms with Gasteiger partial charge in [-0.3, -0.25) is 4.99 Å². The van der Waals surface area contributed by atoms with Crippen molar-refractivity contribution in [3.8, 4) is 0 Å². The van der Waals surface area contributed by atoms with Crippen molar-refractivity contribution < 1.29 is 0 Å². The summed E-state index contributed by atoms with van der Waals surface area (Å²) in [7, 11) is 0. The van der Waals surface area contributed by atoms with E-state index >= 15 is 0 Å². The van der Waals surface area contributed by atoms with E-state index in [9.17, 15) is 0 Å². The molecule has 0 bridgehead atoms. The third kappa shape index (κ3) is 3.42. The lowest BCUT2D eigenvalue weighted by atomic mass is 10.2. The van der Waals surface area contributed by atoms with Crippen LogP contribution in [0, 0.1) is 0 Å². The monoisotopic (exact) mass is 238 g/mol. The number of aliphatic imine (C=N–C) groups is 1. The third-order valence-electron chi connectivity index (χ3n) is 1.43. The first-order valence-electron chi connectivity index (χ1n) is 3.88. The van der Waals surface area contributed by atoms with Crippen LogP contribution in [0.4, 0.5) is 0 Å². The zero-order chi connectivity index (χ0) is 9.68. The van der Waals surface area contributed by atoms with Crippen molar-refractivity contribution in [2.24, 2.45) is 10.7 Å². The quantitative estimate of drug-likeness (QED) is 0.808. The highest BCUT2D eigenvalue weighted by Crippen LogP contribution is 2.13. The van der Waals surface area contributed by atoms with Crippen LogP contribution in [0.2, 0.25) is 0 Å². The smallest absolute Gasteiger partial charge is 0.0778 e. The Hall–Kier alpha value is -1.09. The molecule has 0 saturated carbocycles. The second-order valence-electron chi connectivity index (χ2n) is 2.65. The van der Waals surface area contributed by atoms with Crippen LogP contribution in [0.1, 0.15) is 5.56 Å². The van der Waals surface area contributed by atoms with E-state index in [1.807, 2.05) is 24.3 Å². The van der Waals surface area contributed by atoms with E-state index in [0.29, 0.717) is 12.2 Å². The number of nitrogens with zero attached hydrogens (tertiary/aromatic N) is 1. The molecule has 0 aliphatic carbocycles. The number of halogens is 1. The molecule has 2 nitrogen and oxygen atoms in total. The normalized spacial score (nSPS) is 10.5. The summed E-state index contributed by atoms with van der Waals surface area (Å²) >= 11 is 3.42. The molecule has 0 fully saturated rings. The van der Waals surface area contributed by atoms with Gasteiger partial charge < -0.3 is 5.73 Å². The Balaban J connectivity index is 2.68. The number of hydrogen-bond donors (Lipinski definition) is 1. The predicted molar refractivity (Wildman–Crippen MR) is 59.9 cm³/mol. The summed E-state index contributed by atoms with van der Waals surface area (Å²) in [5.41, 5.74) is 6.99. The first kappa shape index (κ1) is 9.99. The summed E-state index contributed by atoms with van der Waals surface area (Å²) in [5, 5.41) is 0. The Bertz CT molecular complexity index is 331. The van der Waals surface area contributed by atoms with E-state index in [-0.39, 0.29) is 0 Å². The first-order chi connectivity index (χ1) is 6.20. The lowest BCUT2D eigenvalue weighted by molar-refractivity contribution is 1.12. The van der Waals surface area contributed by atoms with Crippen LogP contribution >= 0.6 is 15.9 Å². The number of benzene rings is 1. The average molecular weight is 239 g/mol. The van der Waals surface area contributed by atoms with Crippen molar-refractivity contribution in [2.75, 3.05) is 6.54 Å². The van der Waals surface area contributed by atoms with Gasteiger partial charge in [0.1, 0.15) is 0 Å². The van der Waals surface area contributed by atoms with Crippen molar-refractivity contribution in [1.82, 2.24) is 0 Å². The van der Waals surface area contributed by atoms with Crippen LogP contribution in [0.3, 0.4) is 0 Å². The molecular formula is C10H11BrN2. The van der Waals surface area contributed by atoms with Gasteiger partial charge in [0.05, 0.1) is 6.54 Å². The molecule has 0 radical (unpaired) electrons. The Morgan fingerprint density at radius 2 is 2.23 bits per heavy atom. The maximum Gasteiger partial charge on any atom is 0.0778 e. The van der Waals surface area contributed by atoms with Crippen molar-refractivity contribution in [2.45, 2.75) is 0 Å². The molecule has 0 spiro atoms. The summed E-state index contributed by atoms with van der Waals surface area (Å²) in [6.45, 7) is 4.03. The lowest BCUT2D eigenvalue weighted by Gasteiger charge is -1.96. The fraction of sp³-hybridized carbons (Fsp3) is 0.100. The van der Waals surface area contributed by atoms with Gasteiger partial charge in [-0.15, -0.1) is 0 Å². The van der Waals surface area contributed by atoms with Crippen LogP contribution in [-0.4, -0.2) is 12.8 Å². The SMILES string of the molecule is C=C(N)CN=Cc1ccccc1Br. The van der Waals surface area contributed by atoms with Gasteiger partial charge in [0, 0.05) is 21.9 Å². The number of nitrogens with two attached hydrogens (primary N) is 1. The molecule has 0 atom stereocenters. The second-order valence-corrected chi connectivity index (χ2v) is 3.50. The summed E-state index contributed by atoms with van der Waals surface area (Å²) in [6, 6.07) is 7.87. The fourth-order valence-corrected chi connectivity index (χ4v) is 1.23. The second kappa shape index (κ2) is 4.82. The molecule has 0 aliphatic rings. The zero-order valence-electron chi connectivity index (χ0n) is 7.20. The Morgan fingerprint density at radius 1 is 1.54 bits per heavy atom. The van der Waals surface area contributed by atoms with Crippen molar-refractivity contribution in [3.05, 3.63) is 46.6 Å². The van der Waals surface area contributed by atoms with Gasteiger partial charge in [-0.05, 0) is 6.07 Å². The Kier molecular flexibility index (Phi) is 3.71. The minimum Gasteiger partial charge on any atom is -0.401 e. The van der Waals surface area contributed by atoms with Gasteiger partial charge in [0.2, 0.25) is 0 Å². The van der Waals surface area contributed by atoms with Crippen molar-refractivity contribution >= 4 is 22.1 Å². The molecule has 0 heterocycles. The van der Waals surface area contributed by atoms with E-state index in [0.717, 1.165) is 10.0 Å². The fourth-order valence-electron chi connectivity index (χ4n) is 0.841. The molecule has 2 N–H and O–H groups in total. The van der Waals surface area contributed by atoms with Gasteiger partial charge >= 0.3 is 0 Å². The van der Waals surface area contributed by atoms with Crippen LogP contribution in [0.15, 0.2) is 46.0 Å². The highest BCUT2D eigenvalue weighted by molar-refractivity contribution is 9.10. The molecule has 1 aromatic carbocycles. The van der Waals surface area contributed by atoms with Gasteiger partial charge in [0.25, 0.3) is 0 Å². The Morgan fingerprint density at radius 3 is 2.85 bits per heavy atom. The van der Waals surface area contributed by atoms with Crippen LogP contribution in [0.25, 0.3) is 0 Å². The van der Waals surface area contributed by atoms with Crippen molar-refractivity contribution in [1.29, 1.82) is 0 Å². The highest BCUT2D eigenvalue weighted by atomic mass is 79.9. The van der Waals surface area contributed by atoms with Gasteiger partial charge in [-0.1, -0.05) is 40.7 Å². The van der Waals surface area contributed by atoms with Crippen molar-refractivity contribution in [3.63, 3.8) is 0 Å². The first-order valence-corrected chi connectivity index (χ1v) is 4.67. The summed E-state index contributed by atoms with van der Waals surface area (Å²) in [5.74, 6) is 0. The van der Waals surface area contributed by atoms with E-state index in [4.69, 9.17) is 5.73 Å². The minimum absolute atomic E-state index is 0.474. The van der Waals surface area contributed by atoms with E-state index in [2.05, 4.69) is 27.5 Å². The van der Waals surface area contributed by atoms with Gasteiger partial charge in [-0.2, -0.15) is 0 Å². The van der Waals surface area contributed by atoms with E-state index in [1.165, 1.54) is 0 Å². The maximum absolute atomic E-state index is 5.37. The Labute approximate surface area is 86.3 Å². The van der Waals surface area contributed by atoms with Gasteiger partial charge in [0.15, 0.2) is 0 Å². The molecule has 3 heteroatoms. The molecule has 1 rings (SSSR count). The number of rotatable bonds is 3.